The van der Waals surface area contributed by atoms with Crippen LogP contribution >= 0.6 is 0 Å². The van der Waals surface area contributed by atoms with E-state index in [-0.39, 0.29) is 23.7 Å². The van der Waals surface area contributed by atoms with Crippen LogP contribution in [-0.2, 0) is 0 Å². The maximum absolute atomic E-state index is 11.7. The van der Waals surface area contributed by atoms with E-state index in [9.17, 15) is 4.79 Å². The predicted molar refractivity (Wildman–Crippen MR) is 63.5 cm³/mol. The number of carbonyl (C=O) groups excluding carboxylic acids is 1. The van der Waals surface area contributed by atoms with E-state index in [0.717, 1.165) is 5.82 Å². The maximum Gasteiger partial charge on any atom is 0.291 e. The molecule has 1 unspecified atom stereocenters. The monoisotopic (exact) mass is 237 g/mol. The Morgan fingerprint density at radius 1 is 1.59 bits per heavy atom. The third-order valence-corrected chi connectivity index (χ3v) is 2.98. The Labute approximate surface area is 100 Å². The number of hydrogen-bond acceptors (Lipinski definition) is 4. The van der Waals surface area contributed by atoms with E-state index in [1.807, 2.05) is 13.8 Å². The topological polar surface area (TPSA) is 96.7 Å². The van der Waals surface area contributed by atoms with Crippen LogP contribution < -0.4 is 11.1 Å². The van der Waals surface area contributed by atoms with Crippen molar-refractivity contribution in [3.05, 3.63) is 11.6 Å². The minimum atomic E-state index is -0.260. The van der Waals surface area contributed by atoms with Crippen LogP contribution in [0, 0.1) is 5.92 Å². The quantitative estimate of drug-likeness (QED) is 0.690. The number of H-pyrrole nitrogens is 1. The Morgan fingerprint density at radius 3 is 2.82 bits per heavy atom. The first-order chi connectivity index (χ1) is 8.08. The number of aromatic amines is 1. The average Bonchev–Trinajstić information content (AvgIpc) is 3.02. The zero-order chi connectivity index (χ0) is 12.4. The van der Waals surface area contributed by atoms with Crippen LogP contribution in [0.15, 0.2) is 0 Å². The van der Waals surface area contributed by atoms with Crippen molar-refractivity contribution in [3.63, 3.8) is 0 Å². The molecule has 6 nitrogen and oxygen atoms in total. The van der Waals surface area contributed by atoms with E-state index in [4.69, 9.17) is 5.73 Å². The van der Waals surface area contributed by atoms with E-state index >= 15 is 0 Å². The maximum atomic E-state index is 11.7. The molecule has 94 valence electrons. The van der Waals surface area contributed by atoms with Gasteiger partial charge in [-0.05, 0) is 18.8 Å². The summed E-state index contributed by atoms with van der Waals surface area (Å²) in [5.41, 5.74) is 5.90. The number of aromatic nitrogens is 3. The third kappa shape index (κ3) is 3.03. The predicted octanol–water partition coefficient (Wildman–Crippen LogP) is 0.395. The molecule has 4 N–H and O–H groups in total. The molecule has 1 heterocycles. The number of rotatable bonds is 5. The van der Waals surface area contributed by atoms with Crippen molar-refractivity contribution < 1.29 is 4.79 Å². The second-order valence-electron chi connectivity index (χ2n) is 4.91. The van der Waals surface area contributed by atoms with Crippen LogP contribution in [0.3, 0.4) is 0 Å². The summed E-state index contributed by atoms with van der Waals surface area (Å²) >= 11 is 0. The molecular weight excluding hydrogens is 218 g/mol. The molecule has 1 saturated carbocycles. The highest BCUT2D eigenvalue weighted by atomic mass is 16.2. The molecule has 1 aromatic rings. The molecule has 0 bridgehead atoms. The first-order valence-electron chi connectivity index (χ1n) is 6.04. The number of nitrogens with one attached hydrogen (secondary N) is 2. The minimum Gasteiger partial charge on any atom is -0.348 e. The number of hydrogen-bond donors (Lipinski definition) is 3. The summed E-state index contributed by atoms with van der Waals surface area (Å²) in [7, 11) is 0. The van der Waals surface area contributed by atoms with Crippen LogP contribution in [0.25, 0.3) is 0 Å². The number of nitrogens with zero attached hydrogens (tertiary/aromatic N) is 2. The second kappa shape index (κ2) is 4.83. The zero-order valence-electron chi connectivity index (χ0n) is 10.2. The molecule has 0 aromatic carbocycles. The van der Waals surface area contributed by atoms with Crippen molar-refractivity contribution in [3.8, 4) is 0 Å². The first-order valence-corrected chi connectivity index (χ1v) is 6.04. The number of carbonyl (C=O) groups is 1. The molecule has 1 fully saturated rings. The van der Waals surface area contributed by atoms with Gasteiger partial charge < -0.3 is 11.1 Å². The van der Waals surface area contributed by atoms with Gasteiger partial charge in [0.15, 0.2) is 0 Å². The molecule has 0 saturated heterocycles. The Morgan fingerprint density at radius 2 is 2.29 bits per heavy atom. The van der Waals surface area contributed by atoms with Gasteiger partial charge in [0.05, 0.1) is 0 Å². The van der Waals surface area contributed by atoms with Gasteiger partial charge in [-0.15, -0.1) is 5.10 Å². The average molecular weight is 237 g/mol. The van der Waals surface area contributed by atoms with Crippen molar-refractivity contribution >= 4 is 5.91 Å². The lowest BCUT2D eigenvalue weighted by Gasteiger charge is -2.09. The summed E-state index contributed by atoms with van der Waals surface area (Å²) in [6.07, 6.45) is 2.35. The summed E-state index contributed by atoms with van der Waals surface area (Å²) in [4.78, 5) is 15.8. The molecule has 1 amide bonds. The van der Waals surface area contributed by atoms with E-state index in [1.165, 1.54) is 12.8 Å². The van der Waals surface area contributed by atoms with Crippen molar-refractivity contribution in [1.29, 1.82) is 0 Å². The molecule has 1 aromatic heterocycles. The van der Waals surface area contributed by atoms with Crippen molar-refractivity contribution in [1.82, 2.24) is 20.5 Å². The van der Waals surface area contributed by atoms with Crippen molar-refractivity contribution in [2.45, 2.75) is 38.6 Å². The lowest BCUT2D eigenvalue weighted by Crippen LogP contribution is -2.38. The van der Waals surface area contributed by atoms with E-state index in [1.54, 1.807) is 0 Å². The molecule has 0 spiro atoms. The Kier molecular flexibility index (Phi) is 3.42. The fraction of sp³-hybridized carbons (Fsp3) is 0.727. The van der Waals surface area contributed by atoms with E-state index in [0.29, 0.717) is 12.5 Å². The summed E-state index contributed by atoms with van der Waals surface area (Å²) < 4.78 is 0. The number of nitrogens with two attached hydrogens (primary N) is 1. The molecule has 0 aliphatic heterocycles. The lowest BCUT2D eigenvalue weighted by molar-refractivity contribution is 0.0940. The van der Waals surface area contributed by atoms with E-state index < -0.39 is 0 Å². The standard InChI is InChI=1S/C11H19N5O/c1-6(2)9-14-10(16-15-9)11(17)13-5-8(12)7-3-4-7/h6-8H,3-5,12H2,1-2H3,(H,13,17)(H,14,15,16). The molecular formula is C11H19N5O. The third-order valence-electron chi connectivity index (χ3n) is 2.98. The Hall–Kier alpha value is -1.43. The van der Waals surface area contributed by atoms with Gasteiger partial charge in [-0.3, -0.25) is 9.89 Å². The van der Waals surface area contributed by atoms with Crippen molar-refractivity contribution in [2.24, 2.45) is 11.7 Å². The number of amides is 1. The van der Waals surface area contributed by atoms with Gasteiger partial charge in [0.1, 0.15) is 5.82 Å². The molecule has 1 aliphatic carbocycles. The van der Waals surface area contributed by atoms with Crippen LogP contribution in [0.5, 0.6) is 0 Å². The summed E-state index contributed by atoms with van der Waals surface area (Å²) in [6.45, 7) is 4.48. The van der Waals surface area contributed by atoms with Crippen molar-refractivity contribution in [2.75, 3.05) is 6.54 Å². The fourth-order valence-corrected chi connectivity index (χ4v) is 1.61. The highest BCUT2D eigenvalue weighted by Gasteiger charge is 2.28. The molecule has 1 atom stereocenters. The van der Waals surface area contributed by atoms with Crippen LogP contribution in [-0.4, -0.2) is 33.7 Å². The second-order valence-corrected chi connectivity index (χ2v) is 4.91. The largest absolute Gasteiger partial charge is 0.348 e. The van der Waals surface area contributed by atoms with Gasteiger partial charge in [0.2, 0.25) is 5.82 Å². The molecule has 0 radical (unpaired) electrons. The van der Waals surface area contributed by atoms with Gasteiger partial charge in [-0.25, -0.2) is 4.98 Å². The highest BCUT2D eigenvalue weighted by molar-refractivity contribution is 5.90. The Bertz CT molecular complexity index is 396. The normalized spacial score (nSPS) is 17.2. The fourth-order valence-electron chi connectivity index (χ4n) is 1.61. The molecule has 2 rings (SSSR count). The Balaban J connectivity index is 1.85. The SMILES string of the molecule is CC(C)c1nc(C(=O)NCC(N)C2CC2)n[nH]1. The highest BCUT2D eigenvalue weighted by Crippen LogP contribution is 2.31. The molecule has 1 aliphatic rings. The van der Waals surface area contributed by atoms with Crippen LogP contribution in [0.4, 0.5) is 0 Å². The minimum absolute atomic E-state index is 0.0578. The summed E-state index contributed by atoms with van der Waals surface area (Å²) in [6, 6.07) is 0.0578. The van der Waals surface area contributed by atoms with Gasteiger partial charge in [-0.1, -0.05) is 13.8 Å². The van der Waals surface area contributed by atoms with Gasteiger partial charge in [0.25, 0.3) is 5.91 Å². The summed E-state index contributed by atoms with van der Waals surface area (Å²) in [5, 5.41) is 9.41. The zero-order valence-corrected chi connectivity index (χ0v) is 10.2. The van der Waals surface area contributed by atoms with Gasteiger partial charge in [0, 0.05) is 18.5 Å². The molecule has 17 heavy (non-hydrogen) atoms. The van der Waals surface area contributed by atoms with Gasteiger partial charge >= 0.3 is 0 Å². The lowest BCUT2D eigenvalue weighted by atomic mass is 10.2. The van der Waals surface area contributed by atoms with Gasteiger partial charge in [-0.2, -0.15) is 0 Å². The summed E-state index contributed by atoms with van der Waals surface area (Å²) in [5.74, 6) is 1.47. The van der Waals surface area contributed by atoms with Crippen LogP contribution in [0.1, 0.15) is 49.1 Å². The molecule has 6 heteroatoms. The first kappa shape index (κ1) is 12.0. The smallest absolute Gasteiger partial charge is 0.291 e. The van der Waals surface area contributed by atoms with E-state index in [2.05, 4.69) is 20.5 Å². The van der Waals surface area contributed by atoms with Crippen LogP contribution in [0.2, 0.25) is 0 Å².